The van der Waals surface area contributed by atoms with Crippen LogP contribution in [-0.4, -0.2) is 34.4 Å². The molecule has 136 valence electrons. The highest BCUT2D eigenvalue weighted by Crippen LogP contribution is 2.27. The van der Waals surface area contributed by atoms with Crippen LogP contribution >= 0.6 is 0 Å². The molecular formula is C20H24N4O2. The quantitative estimate of drug-likeness (QED) is 0.838. The Morgan fingerprint density at radius 3 is 2.81 bits per heavy atom. The first-order chi connectivity index (χ1) is 12.5. The smallest absolute Gasteiger partial charge is 0.258 e. The van der Waals surface area contributed by atoms with E-state index in [0.29, 0.717) is 18.0 Å². The first-order valence-corrected chi connectivity index (χ1v) is 8.86. The van der Waals surface area contributed by atoms with Crippen molar-refractivity contribution in [3.63, 3.8) is 0 Å². The Balaban J connectivity index is 1.70. The number of para-hydroxylation sites is 1. The summed E-state index contributed by atoms with van der Waals surface area (Å²) in [6.45, 7) is 4.63. The second kappa shape index (κ2) is 7.99. The van der Waals surface area contributed by atoms with E-state index in [4.69, 9.17) is 0 Å². The van der Waals surface area contributed by atoms with Crippen LogP contribution in [0.15, 0.2) is 48.8 Å². The van der Waals surface area contributed by atoms with E-state index in [1.807, 2.05) is 30.3 Å². The highest BCUT2D eigenvalue weighted by molar-refractivity contribution is 6.03. The molecule has 2 aromatic rings. The van der Waals surface area contributed by atoms with Crippen LogP contribution < -0.4 is 10.6 Å². The lowest BCUT2D eigenvalue weighted by Crippen LogP contribution is -2.52. The summed E-state index contributed by atoms with van der Waals surface area (Å²) in [7, 11) is 0. The fourth-order valence-corrected chi connectivity index (χ4v) is 3.08. The Labute approximate surface area is 153 Å². The molecule has 2 heterocycles. The number of carbonyl (C=O) groups excluding carboxylic acids is 2. The summed E-state index contributed by atoms with van der Waals surface area (Å²) in [6.07, 6.45) is 3.99. The van der Waals surface area contributed by atoms with Crippen LogP contribution in [0.1, 0.15) is 36.2 Å². The molecule has 0 unspecified atom stereocenters. The van der Waals surface area contributed by atoms with Crippen molar-refractivity contribution in [1.29, 1.82) is 0 Å². The van der Waals surface area contributed by atoms with Gasteiger partial charge in [-0.25, -0.2) is 0 Å². The molecule has 6 nitrogen and oxygen atoms in total. The number of carbonyl (C=O) groups is 2. The minimum atomic E-state index is -0.193. The van der Waals surface area contributed by atoms with Gasteiger partial charge >= 0.3 is 0 Å². The predicted octanol–water partition coefficient (Wildman–Crippen LogP) is 2.64. The van der Waals surface area contributed by atoms with Crippen LogP contribution in [0.5, 0.6) is 0 Å². The van der Waals surface area contributed by atoms with E-state index in [1.54, 1.807) is 23.4 Å². The van der Waals surface area contributed by atoms with E-state index in [-0.39, 0.29) is 24.5 Å². The molecule has 1 aliphatic rings. The topological polar surface area (TPSA) is 74.3 Å². The summed E-state index contributed by atoms with van der Waals surface area (Å²) < 4.78 is 0. The number of amides is 2. The zero-order valence-corrected chi connectivity index (χ0v) is 15.1. The molecule has 1 aromatic carbocycles. The average Bonchev–Trinajstić information content (AvgIpc) is 2.64. The van der Waals surface area contributed by atoms with Crippen molar-refractivity contribution in [3.8, 4) is 0 Å². The molecule has 0 fully saturated rings. The Morgan fingerprint density at radius 1 is 1.27 bits per heavy atom. The number of nitrogens with zero attached hydrogens (tertiary/aromatic N) is 2. The molecule has 2 N–H and O–H groups in total. The molecule has 3 rings (SSSR count). The van der Waals surface area contributed by atoms with Crippen molar-refractivity contribution < 1.29 is 9.59 Å². The first kappa shape index (κ1) is 17.9. The van der Waals surface area contributed by atoms with Crippen LogP contribution in [0, 0.1) is 5.92 Å². The second-order valence-electron chi connectivity index (χ2n) is 6.91. The Morgan fingerprint density at radius 2 is 2.08 bits per heavy atom. The van der Waals surface area contributed by atoms with Crippen LogP contribution in [-0.2, 0) is 11.3 Å². The predicted molar refractivity (Wildman–Crippen MR) is 100 cm³/mol. The number of hydrogen-bond donors (Lipinski definition) is 2. The van der Waals surface area contributed by atoms with E-state index in [0.717, 1.165) is 17.7 Å². The number of aromatic nitrogens is 1. The first-order valence-electron chi connectivity index (χ1n) is 8.86. The normalized spacial score (nSPS) is 16.2. The maximum absolute atomic E-state index is 12.9. The third-order valence-electron chi connectivity index (χ3n) is 4.34. The molecule has 1 aliphatic heterocycles. The number of hydrogen-bond acceptors (Lipinski definition) is 4. The number of rotatable bonds is 6. The third-order valence-corrected chi connectivity index (χ3v) is 4.34. The largest absolute Gasteiger partial charge is 0.364 e. The van der Waals surface area contributed by atoms with Crippen molar-refractivity contribution in [2.24, 2.45) is 5.92 Å². The Bertz CT molecular complexity index is 776. The van der Waals surface area contributed by atoms with Gasteiger partial charge < -0.3 is 15.5 Å². The molecule has 26 heavy (non-hydrogen) atoms. The van der Waals surface area contributed by atoms with Crippen molar-refractivity contribution in [3.05, 3.63) is 59.9 Å². The van der Waals surface area contributed by atoms with E-state index in [2.05, 4.69) is 29.5 Å². The van der Waals surface area contributed by atoms with E-state index in [9.17, 15) is 9.59 Å². The maximum Gasteiger partial charge on any atom is 0.258 e. The summed E-state index contributed by atoms with van der Waals surface area (Å²) >= 11 is 0. The van der Waals surface area contributed by atoms with E-state index >= 15 is 0 Å². The number of pyridine rings is 1. The molecular weight excluding hydrogens is 328 g/mol. The number of benzene rings is 1. The van der Waals surface area contributed by atoms with E-state index < -0.39 is 0 Å². The summed E-state index contributed by atoms with van der Waals surface area (Å²) in [5.41, 5.74) is 2.36. The molecule has 0 bridgehead atoms. The fraction of sp³-hybridized carbons (Fsp3) is 0.350. The van der Waals surface area contributed by atoms with Gasteiger partial charge in [0.15, 0.2) is 0 Å². The maximum atomic E-state index is 12.9. The Hall–Kier alpha value is -2.89. The zero-order chi connectivity index (χ0) is 18.5. The third kappa shape index (κ3) is 4.20. The summed E-state index contributed by atoms with van der Waals surface area (Å²) in [6, 6.07) is 11.2. The molecule has 6 heteroatoms. The van der Waals surface area contributed by atoms with Crippen LogP contribution in [0.25, 0.3) is 0 Å². The highest BCUT2D eigenvalue weighted by atomic mass is 16.2. The lowest BCUT2D eigenvalue weighted by molar-refractivity contribution is -0.122. The van der Waals surface area contributed by atoms with Gasteiger partial charge in [0.1, 0.15) is 12.7 Å². The molecule has 0 radical (unpaired) electrons. The lowest BCUT2D eigenvalue weighted by Gasteiger charge is -2.38. The molecule has 2 amide bonds. The van der Waals surface area contributed by atoms with Gasteiger partial charge in [0.25, 0.3) is 5.91 Å². The van der Waals surface area contributed by atoms with Gasteiger partial charge in [0.2, 0.25) is 5.91 Å². The van der Waals surface area contributed by atoms with Gasteiger partial charge in [-0.2, -0.15) is 0 Å². The standard InChI is InChI=1S/C20H24N4O2/c1-14(2)10-18-23-17-8-4-3-7-16(17)20(26)24(18)13-19(25)22-12-15-6-5-9-21-11-15/h3-9,11,14,18,23H,10,12-13H2,1-2H3,(H,22,25)/t18-/m0/s1. The molecule has 0 aliphatic carbocycles. The zero-order valence-electron chi connectivity index (χ0n) is 15.1. The minimum absolute atomic E-state index is 0.0256. The highest BCUT2D eigenvalue weighted by Gasteiger charge is 2.33. The van der Waals surface area contributed by atoms with Crippen LogP contribution in [0.2, 0.25) is 0 Å². The minimum Gasteiger partial charge on any atom is -0.364 e. The summed E-state index contributed by atoms with van der Waals surface area (Å²) in [5.74, 6) is 0.102. The summed E-state index contributed by atoms with van der Waals surface area (Å²) in [4.78, 5) is 31.0. The van der Waals surface area contributed by atoms with Crippen molar-refractivity contribution in [2.45, 2.75) is 33.0 Å². The monoisotopic (exact) mass is 352 g/mol. The van der Waals surface area contributed by atoms with Gasteiger partial charge in [-0.15, -0.1) is 0 Å². The molecule has 1 atom stereocenters. The number of anilines is 1. The van der Waals surface area contributed by atoms with Gasteiger partial charge in [0.05, 0.1) is 5.56 Å². The number of nitrogens with one attached hydrogen (secondary N) is 2. The number of fused-ring (bicyclic) bond motifs is 1. The van der Waals surface area contributed by atoms with Crippen molar-refractivity contribution in [2.75, 3.05) is 11.9 Å². The molecule has 0 saturated carbocycles. The van der Waals surface area contributed by atoms with Gasteiger partial charge in [0, 0.05) is 24.6 Å². The van der Waals surface area contributed by atoms with Crippen LogP contribution in [0.3, 0.4) is 0 Å². The van der Waals surface area contributed by atoms with Gasteiger partial charge in [-0.3, -0.25) is 14.6 Å². The summed E-state index contributed by atoms with van der Waals surface area (Å²) in [5, 5.41) is 6.27. The van der Waals surface area contributed by atoms with E-state index in [1.165, 1.54) is 0 Å². The molecule has 0 spiro atoms. The van der Waals surface area contributed by atoms with Gasteiger partial charge in [-0.1, -0.05) is 32.0 Å². The van der Waals surface area contributed by atoms with Crippen LogP contribution in [0.4, 0.5) is 5.69 Å². The Kier molecular flexibility index (Phi) is 5.51. The van der Waals surface area contributed by atoms with Gasteiger partial charge in [-0.05, 0) is 36.1 Å². The second-order valence-corrected chi connectivity index (χ2v) is 6.91. The van der Waals surface area contributed by atoms with Crippen molar-refractivity contribution in [1.82, 2.24) is 15.2 Å². The van der Waals surface area contributed by atoms with Crippen molar-refractivity contribution >= 4 is 17.5 Å². The molecule has 1 aromatic heterocycles. The SMILES string of the molecule is CC(C)C[C@H]1Nc2ccccc2C(=O)N1CC(=O)NCc1cccnc1. The fourth-order valence-electron chi connectivity index (χ4n) is 3.08. The lowest BCUT2D eigenvalue weighted by atomic mass is 10.0. The average molecular weight is 352 g/mol. The molecule has 0 saturated heterocycles.